The average molecular weight is 314 g/mol. The first-order valence-corrected chi connectivity index (χ1v) is 7.34. The summed E-state index contributed by atoms with van der Waals surface area (Å²) >= 11 is 1.35. The summed E-state index contributed by atoms with van der Waals surface area (Å²) in [5, 5.41) is 0. The molecule has 2 N–H and O–H groups in total. The van der Waals surface area contributed by atoms with Crippen molar-refractivity contribution in [3.05, 3.63) is 17.7 Å². The minimum Gasteiger partial charge on any atom is -0.493 e. The predicted octanol–water partition coefficient (Wildman–Crippen LogP) is 0.836. The third-order valence-electron chi connectivity index (χ3n) is 2.52. The summed E-state index contributed by atoms with van der Waals surface area (Å²) in [6.45, 7) is 0. The molecule has 1 aromatic carbocycles. The van der Waals surface area contributed by atoms with E-state index in [1.807, 2.05) is 0 Å². The molecule has 0 aliphatic heterocycles. The minimum atomic E-state index is -0.483. The molecule has 0 aromatic heterocycles. The standard InChI is InChI=1S/C13H18N2O5S/c1-18-9-5-8(6-10(19-2)12(9)20-3)13(17)15-14-11(16)7-21-4/h5-6H,7H2,1-4H3,(H,14,16)(H,15,17). The lowest BCUT2D eigenvalue weighted by Gasteiger charge is -2.14. The van der Waals surface area contributed by atoms with Crippen LogP contribution in [0.5, 0.6) is 17.2 Å². The molecule has 0 atom stereocenters. The number of methoxy groups -OCH3 is 3. The Balaban J connectivity index is 2.92. The van der Waals surface area contributed by atoms with Gasteiger partial charge in [-0.1, -0.05) is 0 Å². The zero-order valence-electron chi connectivity index (χ0n) is 12.3. The van der Waals surface area contributed by atoms with Gasteiger partial charge in [0.1, 0.15) is 0 Å². The van der Waals surface area contributed by atoms with E-state index in [1.165, 1.54) is 45.2 Å². The zero-order valence-corrected chi connectivity index (χ0v) is 13.1. The lowest BCUT2D eigenvalue weighted by Crippen LogP contribution is -2.42. The summed E-state index contributed by atoms with van der Waals surface area (Å²) in [4.78, 5) is 23.3. The molecule has 0 spiro atoms. The first-order valence-electron chi connectivity index (χ1n) is 5.95. The van der Waals surface area contributed by atoms with Crippen molar-refractivity contribution in [2.45, 2.75) is 0 Å². The Bertz CT molecular complexity index is 496. The Kier molecular flexibility index (Phi) is 6.67. The maximum absolute atomic E-state index is 12.0. The van der Waals surface area contributed by atoms with E-state index >= 15 is 0 Å². The van der Waals surface area contributed by atoms with E-state index in [0.717, 1.165) is 0 Å². The highest BCUT2D eigenvalue weighted by molar-refractivity contribution is 7.99. The van der Waals surface area contributed by atoms with Gasteiger partial charge in [0.05, 0.1) is 27.1 Å². The molecule has 21 heavy (non-hydrogen) atoms. The Morgan fingerprint density at radius 2 is 1.62 bits per heavy atom. The molecule has 0 bridgehead atoms. The van der Waals surface area contributed by atoms with Crippen LogP contribution in [0.15, 0.2) is 12.1 Å². The highest BCUT2D eigenvalue weighted by atomic mass is 32.2. The summed E-state index contributed by atoms with van der Waals surface area (Å²) < 4.78 is 15.5. The molecule has 0 radical (unpaired) electrons. The average Bonchev–Trinajstić information content (AvgIpc) is 2.51. The van der Waals surface area contributed by atoms with E-state index in [2.05, 4.69) is 10.9 Å². The third kappa shape index (κ3) is 4.45. The van der Waals surface area contributed by atoms with Gasteiger partial charge in [-0.2, -0.15) is 11.8 Å². The van der Waals surface area contributed by atoms with Crippen LogP contribution in [-0.4, -0.2) is 45.2 Å². The van der Waals surface area contributed by atoms with E-state index in [1.54, 1.807) is 6.26 Å². The number of hydrogen-bond donors (Lipinski definition) is 2. The first-order chi connectivity index (χ1) is 10.1. The second-order valence-corrected chi connectivity index (χ2v) is 4.72. The highest BCUT2D eigenvalue weighted by Crippen LogP contribution is 2.38. The number of nitrogens with one attached hydrogen (secondary N) is 2. The van der Waals surface area contributed by atoms with E-state index in [0.29, 0.717) is 17.2 Å². The van der Waals surface area contributed by atoms with Gasteiger partial charge in [0, 0.05) is 5.56 Å². The van der Waals surface area contributed by atoms with Gasteiger partial charge in [-0.15, -0.1) is 0 Å². The quantitative estimate of drug-likeness (QED) is 0.757. The number of carbonyl (C=O) groups is 2. The second-order valence-electron chi connectivity index (χ2n) is 3.85. The van der Waals surface area contributed by atoms with Crippen LogP contribution in [0.1, 0.15) is 10.4 Å². The predicted molar refractivity (Wildman–Crippen MR) is 80.1 cm³/mol. The fourth-order valence-corrected chi connectivity index (χ4v) is 1.91. The van der Waals surface area contributed by atoms with Gasteiger partial charge in [-0.05, 0) is 18.4 Å². The van der Waals surface area contributed by atoms with Crippen molar-refractivity contribution in [1.29, 1.82) is 0 Å². The second kappa shape index (κ2) is 8.25. The smallest absolute Gasteiger partial charge is 0.269 e. The summed E-state index contributed by atoms with van der Waals surface area (Å²) in [7, 11) is 4.39. The van der Waals surface area contributed by atoms with E-state index in [-0.39, 0.29) is 17.2 Å². The van der Waals surface area contributed by atoms with Crippen molar-refractivity contribution in [1.82, 2.24) is 10.9 Å². The van der Waals surface area contributed by atoms with Crippen molar-refractivity contribution >= 4 is 23.6 Å². The number of hydrazine groups is 1. The van der Waals surface area contributed by atoms with Crippen LogP contribution in [-0.2, 0) is 4.79 Å². The molecule has 8 heteroatoms. The van der Waals surface area contributed by atoms with Crippen LogP contribution in [0.4, 0.5) is 0 Å². The molecule has 1 aromatic rings. The van der Waals surface area contributed by atoms with Crippen molar-refractivity contribution in [2.24, 2.45) is 0 Å². The molecule has 0 unspecified atom stereocenters. The maximum Gasteiger partial charge on any atom is 0.269 e. The molecule has 0 saturated heterocycles. The highest BCUT2D eigenvalue weighted by Gasteiger charge is 2.17. The number of thioether (sulfide) groups is 1. The maximum atomic E-state index is 12.0. The third-order valence-corrected chi connectivity index (χ3v) is 3.07. The molecule has 0 saturated carbocycles. The van der Waals surface area contributed by atoms with Crippen LogP contribution in [0.25, 0.3) is 0 Å². The topological polar surface area (TPSA) is 85.9 Å². The van der Waals surface area contributed by atoms with Crippen LogP contribution in [0.3, 0.4) is 0 Å². The number of amides is 2. The van der Waals surface area contributed by atoms with Crippen molar-refractivity contribution in [2.75, 3.05) is 33.3 Å². The first kappa shape index (κ1) is 17.0. The summed E-state index contributed by atoms with van der Waals surface area (Å²) in [6.07, 6.45) is 1.79. The fraction of sp³-hybridized carbons (Fsp3) is 0.385. The van der Waals surface area contributed by atoms with Gasteiger partial charge in [-0.3, -0.25) is 20.4 Å². The Hall–Kier alpha value is -2.09. The minimum absolute atomic E-state index is 0.259. The largest absolute Gasteiger partial charge is 0.493 e. The van der Waals surface area contributed by atoms with Crippen LogP contribution >= 0.6 is 11.8 Å². The lowest BCUT2D eigenvalue weighted by atomic mass is 10.1. The van der Waals surface area contributed by atoms with Gasteiger partial charge in [-0.25, -0.2) is 0 Å². The van der Waals surface area contributed by atoms with Gasteiger partial charge < -0.3 is 14.2 Å². The number of hydrogen-bond acceptors (Lipinski definition) is 6. The van der Waals surface area contributed by atoms with E-state index in [4.69, 9.17) is 14.2 Å². The Morgan fingerprint density at radius 3 is 2.05 bits per heavy atom. The SMILES string of the molecule is COc1cc(C(=O)NNC(=O)CSC)cc(OC)c1OC. The van der Waals surface area contributed by atoms with E-state index in [9.17, 15) is 9.59 Å². The Labute approximate surface area is 127 Å². The molecule has 0 aliphatic carbocycles. The van der Waals surface area contributed by atoms with Crippen molar-refractivity contribution < 1.29 is 23.8 Å². The van der Waals surface area contributed by atoms with E-state index < -0.39 is 5.91 Å². The number of carbonyl (C=O) groups excluding carboxylic acids is 2. The summed E-state index contributed by atoms with van der Waals surface area (Å²) in [5.74, 6) is 0.597. The molecule has 0 aliphatic rings. The lowest BCUT2D eigenvalue weighted by molar-refractivity contribution is -0.119. The Morgan fingerprint density at radius 1 is 1.05 bits per heavy atom. The number of rotatable bonds is 6. The molecule has 7 nitrogen and oxygen atoms in total. The van der Waals surface area contributed by atoms with Gasteiger partial charge in [0.2, 0.25) is 11.7 Å². The zero-order chi connectivity index (χ0) is 15.8. The fourth-order valence-electron chi connectivity index (χ4n) is 1.58. The normalized spacial score (nSPS) is 9.71. The molecule has 1 rings (SSSR count). The monoisotopic (exact) mass is 314 g/mol. The van der Waals surface area contributed by atoms with Crippen molar-refractivity contribution in [3.63, 3.8) is 0 Å². The van der Waals surface area contributed by atoms with Crippen molar-refractivity contribution in [3.8, 4) is 17.2 Å². The molecular formula is C13H18N2O5S. The number of ether oxygens (including phenoxy) is 3. The summed E-state index contributed by atoms with van der Waals surface area (Å²) in [6, 6.07) is 2.99. The van der Waals surface area contributed by atoms with Gasteiger partial charge in [0.15, 0.2) is 11.5 Å². The molecular weight excluding hydrogens is 296 g/mol. The molecule has 2 amide bonds. The van der Waals surface area contributed by atoms with Gasteiger partial charge in [0.25, 0.3) is 5.91 Å². The van der Waals surface area contributed by atoms with Gasteiger partial charge >= 0.3 is 0 Å². The number of benzene rings is 1. The summed E-state index contributed by atoms with van der Waals surface area (Å²) in [5.41, 5.74) is 4.91. The molecule has 0 fully saturated rings. The molecule has 0 heterocycles. The van der Waals surface area contributed by atoms with Crippen LogP contribution in [0.2, 0.25) is 0 Å². The van der Waals surface area contributed by atoms with Crippen LogP contribution < -0.4 is 25.1 Å². The molecule has 116 valence electrons. The van der Waals surface area contributed by atoms with Crippen LogP contribution in [0, 0.1) is 0 Å².